The summed E-state index contributed by atoms with van der Waals surface area (Å²) in [5, 5.41) is 0. The van der Waals surface area contributed by atoms with E-state index in [1.54, 1.807) is 25.1 Å². The highest BCUT2D eigenvalue weighted by atomic mass is 79.9. The Morgan fingerprint density at radius 2 is 1.70 bits per heavy atom. The Hall–Kier alpha value is -1.37. The van der Waals surface area contributed by atoms with E-state index < -0.39 is 10.0 Å². The van der Waals surface area contributed by atoms with E-state index in [0.29, 0.717) is 0 Å². The maximum atomic E-state index is 12.3. The topological polar surface area (TPSA) is 72.2 Å². The molecule has 106 valence electrons. The third-order valence-corrected chi connectivity index (χ3v) is 5.05. The summed E-state index contributed by atoms with van der Waals surface area (Å²) in [5.74, 6) is 0. The average molecular weight is 355 g/mol. The number of hydrogen-bond acceptors (Lipinski definition) is 3. The van der Waals surface area contributed by atoms with E-state index in [0.717, 1.165) is 10.0 Å². The molecule has 0 spiro atoms. The molecule has 0 aliphatic carbocycles. The number of nitrogens with two attached hydrogens (primary N) is 1. The number of nitrogens with one attached hydrogen (secondary N) is 1. The molecule has 2 rings (SSSR count). The summed E-state index contributed by atoms with van der Waals surface area (Å²) in [4.78, 5) is 0.101. The lowest BCUT2D eigenvalue weighted by molar-refractivity contribution is 0.567. The van der Waals surface area contributed by atoms with Crippen molar-refractivity contribution in [3.05, 3.63) is 58.6 Å². The smallest absolute Gasteiger partial charge is 0.243 e. The SMILES string of the molecule is CC(NS(=O)(=O)c1ccccc1N)c1ccc(Br)cc1. The van der Waals surface area contributed by atoms with Crippen LogP contribution >= 0.6 is 15.9 Å². The molecule has 6 heteroatoms. The highest BCUT2D eigenvalue weighted by Crippen LogP contribution is 2.22. The Morgan fingerprint density at radius 3 is 2.30 bits per heavy atom. The maximum Gasteiger partial charge on any atom is 0.243 e. The second-order valence-corrected chi connectivity index (χ2v) is 7.03. The van der Waals surface area contributed by atoms with Crippen molar-refractivity contribution in [1.29, 1.82) is 0 Å². The van der Waals surface area contributed by atoms with Crippen molar-refractivity contribution in [1.82, 2.24) is 4.72 Å². The lowest BCUT2D eigenvalue weighted by Crippen LogP contribution is -2.27. The number of anilines is 1. The number of halogens is 1. The molecular weight excluding hydrogens is 340 g/mol. The van der Waals surface area contributed by atoms with E-state index in [4.69, 9.17) is 5.73 Å². The minimum atomic E-state index is -3.64. The van der Waals surface area contributed by atoms with Crippen molar-refractivity contribution in [3.63, 3.8) is 0 Å². The molecular formula is C14H15BrN2O2S. The number of sulfonamides is 1. The van der Waals surface area contributed by atoms with Gasteiger partial charge in [0.05, 0.1) is 5.69 Å². The first-order chi connectivity index (χ1) is 9.40. The van der Waals surface area contributed by atoms with Gasteiger partial charge in [-0.2, -0.15) is 0 Å². The molecule has 0 aliphatic heterocycles. The average Bonchev–Trinajstić information content (AvgIpc) is 2.39. The van der Waals surface area contributed by atoms with Crippen molar-refractivity contribution >= 4 is 31.6 Å². The summed E-state index contributed by atoms with van der Waals surface area (Å²) < 4.78 is 28.2. The quantitative estimate of drug-likeness (QED) is 0.828. The Bertz CT molecular complexity index is 699. The van der Waals surface area contributed by atoms with Gasteiger partial charge in [0.15, 0.2) is 0 Å². The van der Waals surface area contributed by atoms with Crippen molar-refractivity contribution in [2.75, 3.05) is 5.73 Å². The molecule has 0 amide bonds. The van der Waals surface area contributed by atoms with Gasteiger partial charge >= 0.3 is 0 Å². The predicted octanol–water partition coefficient (Wildman–Crippen LogP) is 3.07. The maximum absolute atomic E-state index is 12.3. The summed E-state index contributed by atoms with van der Waals surface area (Å²) in [6.07, 6.45) is 0. The minimum absolute atomic E-state index is 0.101. The van der Waals surface area contributed by atoms with Gasteiger partial charge in [-0.3, -0.25) is 0 Å². The normalized spacial score (nSPS) is 13.1. The first-order valence-electron chi connectivity index (χ1n) is 6.02. The van der Waals surface area contributed by atoms with Crippen LogP contribution in [-0.2, 0) is 10.0 Å². The molecule has 0 aliphatic rings. The van der Waals surface area contributed by atoms with Gasteiger partial charge in [0, 0.05) is 10.5 Å². The third-order valence-electron chi connectivity index (χ3n) is 2.91. The molecule has 0 radical (unpaired) electrons. The van der Waals surface area contributed by atoms with Gasteiger partial charge in [0.25, 0.3) is 0 Å². The molecule has 0 bridgehead atoms. The van der Waals surface area contributed by atoms with Gasteiger partial charge in [0.2, 0.25) is 10.0 Å². The van der Waals surface area contributed by atoms with E-state index in [9.17, 15) is 8.42 Å². The zero-order chi connectivity index (χ0) is 14.8. The summed E-state index contributed by atoms with van der Waals surface area (Å²) in [5.41, 5.74) is 6.84. The lowest BCUT2D eigenvalue weighted by atomic mass is 10.1. The monoisotopic (exact) mass is 354 g/mol. The molecule has 1 unspecified atom stereocenters. The summed E-state index contributed by atoms with van der Waals surface area (Å²) in [7, 11) is -3.64. The molecule has 0 saturated heterocycles. The van der Waals surface area contributed by atoms with Crippen LogP contribution in [0.5, 0.6) is 0 Å². The van der Waals surface area contributed by atoms with Crippen LogP contribution in [0.2, 0.25) is 0 Å². The predicted molar refractivity (Wildman–Crippen MR) is 83.7 cm³/mol. The summed E-state index contributed by atoms with van der Waals surface area (Å²) >= 11 is 3.35. The summed E-state index contributed by atoms with van der Waals surface area (Å²) in [6, 6.07) is 13.5. The van der Waals surface area contributed by atoms with Gasteiger partial charge < -0.3 is 5.73 Å². The molecule has 20 heavy (non-hydrogen) atoms. The van der Waals surface area contributed by atoms with E-state index in [1.807, 2.05) is 24.3 Å². The van der Waals surface area contributed by atoms with Crippen LogP contribution in [0.15, 0.2) is 57.9 Å². The van der Waals surface area contributed by atoms with Crippen molar-refractivity contribution < 1.29 is 8.42 Å². The molecule has 0 fully saturated rings. The fourth-order valence-corrected chi connectivity index (χ4v) is 3.47. The lowest BCUT2D eigenvalue weighted by Gasteiger charge is -2.15. The van der Waals surface area contributed by atoms with Crippen LogP contribution < -0.4 is 10.5 Å². The van der Waals surface area contributed by atoms with Gasteiger partial charge in [-0.15, -0.1) is 0 Å². The molecule has 1 atom stereocenters. The highest BCUT2D eigenvalue weighted by molar-refractivity contribution is 9.10. The number of rotatable bonds is 4. The van der Waals surface area contributed by atoms with Gasteiger partial charge in [-0.05, 0) is 36.8 Å². The molecule has 2 aromatic rings. The molecule has 0 heterocycles. The second-order valence-electron chi connectivity index (χ2n) is 4.43. The van der Waals surface area contributed by atoms with Crippen molar-refractivity contribution in [2.45, 2.75) is 17.9 Å². The van der Waals surface area contributed by atoms with Crippen LogP contribution in [0.3, 0.4) is 0 Å². The molecule has 0 aromatic heterocycles. The number of benzene rings is 2. The van der Waals surface area contributed by atoms with E-state index in [1.165, 1.54) is 6.07 Å². The zero-order valence-corrected chi connectivity index (χ0v) is 13.3. The highest BCUT2D eigenvalue weighted by Gasteiger charge is 2.20. The fraction of sp³-hybridized carbons (Fsp3) is 0.143. The van der Waals surface area contributed by atoms with Crippen LogP contribution in [0.25, 0.3) is 0 Å². The second kappa shape index (κ2) is 5.95. The fourth-order valence-electron chi connectivity index (χ4n) is 1.84. The number of hydrogen-bond donors (Lipinski definition) is 2. The van der Waals surface area contributed by atoms with E-state index >= 15 is 0 Å². The van der Waals surface area contributed by atoms with Gasteiger partial charge in [-0.25, -0.2) is 13.1 Å². The van der Waals surface area contributed by atoms with Gasteiger partial charge in [0.1, 0.15) is 4.90 Å². The van der Waals surface area contributed by atoms with Gasteiger partial charge in [-0.1, -0.05) is 40.2 Å². The van der Waals surface area contributed by atoms with Crippen LogP contribution in [0.4, 0.5) is 5.69 Å². The molecule has 4 nitrogen and oxygen atoms in total. The summed E-state index contributed by atoms with van der Waals surface area (Å²) in [6.45, 7) is 1.79. The third kappa shape index (κ3) is 3.39. The number of para-hydroxylation sites is 1. The first-order valence-corrected chi connectivity index (χ1v) is 8.30. The standard InChI is InChI=1S/C14H15BrN2O2S/c1-10(11-6-8-12(15)9-7-11)17-20(18,19)14-5-3-2-4-13(14)16/h2-10,17H,16H2,1H3. The van der Waals surface area contributed by atoms with Crippen LogP contribution in [-0.4, -0.2) is 8.42 Å². The van der Waals surface area contributed by atoms with Crippen molar-refractivity contribution in [2.24, 2.45) is 0 Å². The van der Waals surface area contributed by atoms with E-state index in [2.05, 4.69) is 20.7 Å². The Labute approximate surface area is 127 Å². The zero-order valence-electron chi connectivity index (χ0n) is 10.9. The first kappa shape index (κ1) is 15.0. The van der Waals surface area contributed by atoms with Crippen molar-refractivity contribution in [3.8, 4) is 0 Å². The number of nitrogen functional groups attached to an aromatic ring is 1. The Balaban J connectivity index is 2.24. The molecule has 3 N–H and O–H groups in total. The van der Waals surface area contributed by atoms with Crippen LogP contribution in [0, 0.1) is 0 Å². The van der Waals surface area contributed by atoms with E-state index in [-0.39, 0.29) is 16.6 Å². The largest absolute Gasteiger partial charge is 0.398 e. The molecule has 2 aromatic carbocycles. The molecule has 0 saturated carbocycles. The van der Waals surface area contributed by atoms with Crippen LogP contribution in [0.1, 0.15) is 18.5 Å². The Kier molecular flexibility index (Phi) is 4.47. The Morgan fingerprint density at radius 1 is 1.10 bits per heavy atom. The minimum Gasteiger partial charge on any atom is -0.398 e.